The zero-order valence-corrected chi connectivity index (χ0v) is 15.3. The van der Waals surface area contributed by atoms with Crippen LogP contribution in [0.15, 0.2) is 24.3 Å². The molecule has 3 aliphatic rings. The molecule has 0 aromatic heterocycles. The summed E-state index contributed by atoms with van der Waals surface area (Å²) in [6.45, 7) is 3.32. The van der Waals surface area contributed by atoms with Gasteiger partial charge in [0.2, 0.25) is 5.91 Å². The summed E-state index contributed by atoms with van der Waals surface area (Å²) < 4.78 is 41.0. The number of alkyl halides is 3. The van der Waals surface area contributed by atoms with E-state index in [-0.39, 0.29) is 23.0 Å². The third-order valence-electron chi connectivity index (χ3n) is 6.19. The number of carbonyl (C=O) groups is 1. The minimum absolute atomic E-state index is 0.0374. The molecule has 2 saturated carbocycles. The number of likely N-dealkylation sites (tertiary alicyclic amines) is 1. The van der Waals surface area contributed by atoms with Gasteiger partial charge in [0.05, 0.1) is 5.60 Å². The van der Waals surface area contributed by atoms with Crippen LogP contribution in [0.5, 0.6) is 5.75 Å². The first kappa shape index (κ1) is 18.6. The van der Waals surface area contributed by atoms with Gasteiger partial charge in [-0.05, 0) is 62.6 Å². The molecule has 1 spiro atoms. The average molecular weight is 383 g/mol. The standard InChI is InChI=1S/C20H24F3NO3/c1-18(26)9-15(10-18)17(25)24-11-19(12-24)7-14(8-19)5-13-3-2-4-16(6-13)27-20(21,22)23/h2-4,6,14-15,26H,5,7-12H2,1H3/t15-,18+. The number of nitrogens with zero attached hydrogens (tertiary/aromatic N) is 1. The maximum absolute atomic E-state index is 12.4. The van der Waals surface area contributed by atoms with Crippen LogP contribution in [0.3, 0.4) is 0 Å². The van der Waals surface area contributed by atoms with E-state index in [0.717, 1.165) is 37.9 Å². The second-order valence-electron chi connectivity index (χ2n) is 8.97. The fraction of sp³-hybridized carbons (Fsp3) is 0.650. The third kappa shape index (κ3) is 3.93. The van der Waals surface area contributed by atoms with Gasteiger partial charge in [-0.1, -0.05) is 12.1 Å². The lowest BCUT2D eigenvalue weighted by molar-refractivity contribution is -0.274. The summed E-state index contributed by atoms with van der Waals surface area (Å²) in [4.78, 5) is 14.3. The van der Waals surface area contributed by atoms with Crippen LogP contribution in [0.25, 0.3) is 0 Å². The minimum Gasteiger partial charge on any atom is -0.406 e. The van der Waals surface area contributed by atoms with Crippen molar-refractivity contribution >= 4 is 5.91 Å². The van der Waals surface area contributed by atoms with Crippen LogP contribution in [0.4, 0.5) is 13.2 Å². The Kier molecular flexibility index (Phi) is 4.22. The summed E-state index contributed by atoms with van der Waals surface area (Å²) in [5.41, 5.74) is 0.363. The summed E-state index contributed by atoms with van der Waals surface area (Å²) >= 11 is 0. The second-order valence-corrected chi connectivity index (χ2v) is 8.97. The largest absolute Gasteiger partial charge is 0.573 e. The zero-order valence-electron chi connectivity index (χ0n) is 15.3. The molecule has 1 heterocycles. The van der Waals surface area contributed by atoms with Crippen LogP contribution in [0.1, 0.15) is 38.2 Å². The van der Waals surface area contributed by atoms with Crippen molar-refractivity contribution in [3.63, 3.8) is 0 Å². The van der Waals surface area contributed by atoms with E-state index in [9.17, 15) is 23.1 Å². The van der Waals surface area contributed by atoms with E-state index in [1.807, 2.05) is 11.0 Å². The Hall–Kier alpha value is -1.76. The van der Waals surface area contributed by atoms with Crippen LogP contribution >= 0.6 is 0 Å². The summed E-state index contributed by atoms with van der Waals surface area (Å²) in [6.07, 6.45) is -0.832. The lowest BCUT2D eigenvalue weighted by Gasteiger charge is -2.60. The molecule has 1 aromatic rings. The molecule has 0 radical (unpaired) electrons. The highest BCUT2D eigenvalue weighted by Gasteiger charge is 2.55. The fourth-order valence-electron chi connectivity index (χ4n) is 5.12. The fourth-order valence-corrected chi connectivity index (χ4v) is 5.12. The number of carbonyl (C=O) groups excluding carboxylic acids is 1. The van der Waals surface area contributed by atoms with E-state index >= 15 is 0 Å². The van der Waals surface area contributed by atoms with Gasteiger partial charge in [-0.3, -0.25) is 4.79 Å². The van der Waals surface area contributed by atoms with Gasteiger partial charge in [-0.15, -0.1) is 13.2 Å². The smallest absolute Gasteiger partial charge is 0.406 e. The first-order valence-corrected chi connectivity index (χ1v) is 9.39. The number of amides is 1. The quantitative estimate of drug-likeness (QED) is 0.866. The van der Waals surface area contributed by atoms with Crippen molar-refractivity contribution in [3.05, 3.63) is 29.8 Å². The summed E-state index contributed by atoms with van der Waals surface area (Å²) in [6, 6.07) is 6.18. The molecular weight excluding hydrogens is 359 g/mol. The van der Waals surface area contributed by atoms with E-state index in [1.54, 1.807) is 13.0 Å². The Morgan fingerprint density at radius 1 is 1.26 bits per heavy atom. The van der Waals surface area contributed by atoms with Gasteiger partial charge in [-0.25, -0.2) is 0 Å². The minimum atomic E-state index is -4.67. The predicted molar refractivity (Wildman–Crippen MR) is 91.9 cm³/mol. The van der Waals surface area contributed by atoms with E-state index in [1.165, 1.54) is 12.1 Å². The van der Waals surface area contributed by atoms with Crippen molar-refractivity contribution in [1.29, 1.82) is 0 Å². The van der Waals surface area contributed by atoms with E-state index in [4.69, 9.17) is 0 Å². The van der Waals surface area contributed by atoms with Crippen molar-refractivity contribution in [2.24, 2.45) is 17.3 Å². The molecule has 27 heavy (non-hydrogen) atoms. The van der Waals surface area contributed by atoms with Crippen molar-refractivity contribution in [2.45, 2.75) is 51.0 Å². The zero-order chi connectivity index (χ0) is 19.4. The Morgan fingerprint density at radius 2 is 1.93 bits per heavy atom. The van der Waals surface area contributed by atoms with Crippen molar-refractivity contribution in [1.82, 2.24) is 4.90 Å². The third-order valence-corrected chi connectivity index (χ3v) is 6.19. The predicted octanol–water partition coefficient (Wildman–Crippen LogP) is 3.53. The summed E-state index contributed by atoms with van der Waals surface area (Å²) in [7, 11) is 0. The SMILES string of the molecule is C[C@]1(O)C[C@@H](C(=O)N2CC3(CC(Cc4cccc(OC(F)(F)F)c4)C3)C2)C1. The van der Waals surface area contributed by atoms with Gasteiger partial charge in [0, 0.05) is 24.4 Å². The number of hydrogen-bond acceptors (Lipinski definition) is 3. The Labute approximate surface area is 156 Å². The van der Waals surface area contributed by atoms with Gasteiger partial charge in [0.25, 0.3) is 0 Å². The molecule has 1 aromatic carbocycles. The normalized spacial score (nSPS) is 29.7. The molecular formula is C20H24F3NO3. The Bertz CT molecular complexity index is 724. The molecule has 0 atom stereocenters. The Balaban J connectivity index is 1.23. The van der Waals surface area contributed by atoms with Crippen molar-refractivity contribution in [2.75, 3.05) is 13.1 Å². The van der Waals surface area contributed by atoms with Gasteiger partial charge in [-0.2, -0.15) is 0 Å². The highest BCUT2D eigenvalue weighted by Crippen LogP contribution is 2.54. The van der Waals surface area contributed by atoms with Crippen LogP contribution in [-0.4, -0.2) is 41.0 Å². The number of ether oxygens (including phenoxy) is 1. The first-order valence-electron chi connectivity index (χ1n) is 9.39. The van der Waals surface area contributed by atoms with E-state index < -0.39 is 12.0 Å². The molecule has 0 unspecified atom stereocenters. The van der Waals surface area contributed by atoms with Crippen LogP contribution in [0.2, 0.25) is 0 Å². The number of halogens is 3. The average Bonchev–Trinajstić information content (AvgIpc) is 2.43. The number of hydrogen-bond donors (Lipinski definition) is 1. The van der Waals surface area contributed by atoms with E-state index in [0.29, 0.717) is 18.8 Å². The van der Waals surface area contributed by atoms with Crippen molar-refractivity contribution < 1.29 is 27.8 Å². The molecule has 3 fully saturated rings. The van der Waals surface area contributed by atoms with Gasteiger partial charge in [0.15, 0.2) is 0 Å². The van der Waals surface area contributed by atoms with Gasteiger partial charge >= 0.3 is 6.36 Å². The summed E-state index contributed by atoms with van der Waals surface area (Å²) in [5, 5.41) is 9.78. The van der Waals surface area contributed by atoms with Crippen LogP contribution in [0, 0.1) is 17.3 Å². The van der Waals surface area contributed by atoms with Crippen LogP contribution in [-0.2, 0) is 11.2 Å². The molecule has 4 nitrogen and oxygen atoms in total. The highest BCUT2D eigenvalue weighted by atomic mass is 19.4. The van der Waals surface area contributed by atoms with Gasteiger partial charge < -0.3 is 14.7 Å². The maximum atomic E-state index is 12.4. The second kappa shape index (κ2) is 6.12. The molecule has 4 rings (SSSR count). The van der Waals surface area contributed by atoms with Gasteiger partial charge in [0.1, 0.15) is 5.75 Å². The lowest BCUT2D eigenvalue weighted by atomic mass is 9.56. The molecule has 1 aliphatic heterocycles. The Morgan fingerprint density at radius 3 is 2.52 bits per heavy atom. The highest BCUT2D eigenvalue weighted by molar-refractivity contribution is 5.81. The topological polar surface area (TPSA) is 49.8 Å². The van der Waals surface area contributed by atoms with Crippen LogP contribution < -0.4 is 4.74 Å². The number of benzene rings is 1. The molecule has 148 valence electrons. The molecule has 2 aliphatic carbocycles. The molecule has 1 amide bonds. The maximum Gasteiger partial charge on any atom is 0.573 e. The number of rotatable bonds is 4. The van der Waals surface area contributed by atoms with E-state index in [2.05, 4.69) is 4.74 Å². The first-order chi connectivity index (χ1) is 12.5. The lowest BCUT2D eigenvalue weighted by Crippen LogP contribution is -2.66. The molecule has 7 heteroatoms. The summed E-state index contributed by atoms with van der Waals surface area (Å²) in [5.74, 6) is 0.385. The monoisotopic (exact) mass is 383 g/mol. The van der Waals surface area contributed by atoms with Crippen molar-refractivity contribution in [3.8, 4) is 5.75 Å². The number of aliphatic hydroxyl groups is 1. The molecule has 1 N–H and O–H groups in total. The molecule has 0 bridgehead atoms. The molecule has 1 saturated heterocycles.